The lowest BCUT2D eigenvalue weighted by atomic mass is 10.7. The normalized spacial score (nSPS) is 11.1. The fraction of sp³-hybridized carbons (Fsp3) is 1.00. The molecule has 0 aliphatic rings. The van der Waals surface area contributed by atoms with Crippen LogP contribution in [-0.2, 0) is 29.7 Å². The molecule has 0 N–H and O–H groups in total. The van der Waals surface area contributed by atoms with Crippen molar-refractivity contribution in [2.75, 3.05) is 59.1 Å². The molecular weight excluding hydrogens is 236 g/mol. The molecular formula is C9H20O6S. The van der Waals surface area contributed by atoms with Gasteiger partial charge in [0.05, 0.1) is 52.0 Å². The van der Waals surface area contributed by atoms with Gasteiger partial charge >= 0.3 is 0 Å². The molecule has 0 unspecified atom stereocenters. The maximum absolute atomic E-state index is 10.2. The average Bonchev–Trinajstić information content (AvgIpc) is 2.25. The van der Waals surface area contributed by atoms with Crippen molar-refractivity contribution in [3.05, 3.63) is 0 Å². The molecule has 0 amide bonds. The number of hydrogen-bond donors (Lipinski definition) is 1. The molecule has 0 aliphatic heterocycles. The molecule has 6 nitrogen and oxygen atoms in total. The van der Waals surface area contributed by atoms with E-state index in [1.54, 1.807) is 7.11 Å². The van der Waals surface area contributed by atoms with E-state index in [1.807, 2.05) is 0 Å². The van der Waals surface area contributed by atoms with Crippen molar-refractivity contribution < 1.29 is 27.4 Å². The van der Waals surface area contributed by atoms with E-state index in [9.17, 15) is 8.42 Å². The second-order valence-electron chi connectivity index (χ2n) is 2.89. The van der Waals surface area contributed by atoms with Gasteiger partial charge in [-0.2, -0.15) is 0 Å². The number of hydrogen-bond acceptors (Lipinski definition) is 6. The molecule has 0 aromatic heterocycles. The van der Waals surface area contributed by atoms with Gasteiger partial charge in [-0.3, -0.25) is 0 Å². The van der Waals surface area contributed by atoms with Gasteiger partial charge in [0, 0.05) is 7.11 Å². The Hall–Kier alpha value is -0.210. The van der Waals surface area contributed by atoms with E-state index in [-0.39, 0.29) is 12.4 Å². The fourth-order valence-electron chi connectivity index (χ4n) is 0.823. The van der Waals surface area contributed by atoms with E-state index < -0.39 is 10.7 Å². The van der Waals surface area contributed by atoms with Gasteiger partial charge in [-0.05, 0) is 0 Å². The lowest BCUT2D eigenvalue weighted by Crippen LogP contribution is -2.12. The van der Waals surface area contributed by atoms with Crippen molar-refractivity contribution >= 4 is 10.7 Å². The molecule has 0 heterocycles. The Kier molecular flexibility index (Phi) is 12.7. The molecule has 0 aromatic carbocycles. The predicted molar refractivity (Wildman–Crippen MR) is 59.5 cm³/mol. The first-order valence-electron chi connectivity index (χ1n) is 5.11. The molecule has 0 bridgehead atoms. The van der Waals surface area contributed by atoms with Gasteiger partial charge < -0.3 is 18.9 Å². The molecule has 0 atom stereocenters. The largest absolute Gasteiger partial charge is 0.382 e. The Labute approximate surface area is 97.8 Å². The van der Waals surface area contributed by atoms with Gasteiger partial charge in [0.2, 0.25) is 0 Å². The molecule has 16 heavy (non-hydrogen) atoms. The van der Waals surface area contributed by atoms with Crippen LogP contribution < -0.4 is 0 Å². The first kappa shape index (κ1) is 15.8. The molecule has 0 fully saturated rings. The number of ether oxygens (including phenoxy) is 4. The quantitative estimate of drug-likeness (QED) is 0.367. The Morgan fingerprint density at radius 2 is 1.19 bits per heavy atom. The topological polar surface area (TPSA) is 71.1 Å². The van der Waals surface area contributed by atoms with Crippen LogP contribution in [0.2, 0.25) is 0 Å². The zero-order valence-electron chi connectivity index (χ0n) is 9.55. The third-order valence-electron chi connectivity index (χ3n) is 1.59. The Morgan fingerprint density at radius 3 is 1.62 bits per heavy atom. The van der Waals surface area contributed by atoms with Crippen molar-refractivity contribution in [1.29, 1.82) is 0 Å². The second-order valence-corrected chi connectivity index (χ2v) is 4.00. The summed E-state index contributed by atoms with van der Waals surface area (Å²) >= 11 is 0. The van der Waals surface area contributed by atoms with Crippen LogP contribution in [0.1, 0.15) is 0 Å². The van der Waals surface area contributed by atoms with Crippen LogP contribution in [0, 0.1) is 0 Å². The van der Waals surface area contributed by atoms with Crippen molar-refractivity contribution in [2.24, 2.45) is 0 Å². The molecule has 7 heteroatoms. The number of rotatable bonds is 12. The minimum Gasteiger partial charge on any atom is -0.382 e. The molecule has 98 valence electrons. The van der Waals surface area contributed by atoms with Crippen LogP contribution in [0.3, 0.4) is 0 Å². The van der Waals surface area contributed by atoms with Crippen LogP contribution in [0.5, 0.6) is 0 Å². The maximum Gasteiger partial charge on any atom is 0.142 e. The lowest BCUT2D eigenvalue weighted by Gasteiger charge is -2.05. The summed E-state index contributed by atoms with van der Waals surface area (Å²) < 4.78 is 40.5. The van der Waals surface area contributed by atoms with Crippen molar-refractivity contribution in [3.63, 3.8) is 0 Å². The Bertz CT molecular complexity index is 198. The third-order valence-corrected chi connectivity index (χ3v) is 2.14. The van der Waals surface area contributed by atoms with Crippen LogP contribution in [0.4, 0.5) is 0 Å². The summed E-state index contributed by atoms with van der Waals surface area (Å²) in [4.78, 5) is 0. The summed E-state index contributed by atoms with van der Waals surface area (Å²) in [6.45, 7) is 3.25. The second kappa shape index (κ2) is 12.9. The minimum absolute atomic E-state index is 0.0649. The van der Waals surface area contributed by atoms with Gasteiger partial charge in [0.1, 0.15) is 10.7 Å². The number of methoxy groups -OCH3 is 1. The molecule has 0 spiro atoms. The van der Waals surface area contributed by atoms with Gasteiger partial charge in [0.25, 0.3) is 0 Å². The van der Waals surface area contributed by atoms with Crippen LogP contribution in [0.25, 0.3) is 0 Å². The van der Waals surface area contributed by atoms with Gasteiger partial charge in [0.15, 0.2) is 0 Å². The molecule has 0 rings (SSSR count). The number of thiol groups is 1. The van der Waals surface area contributed by atoms with Gasteiger partial charge in [-0.1, -0.05) is 0 Å². The fourth-order valence-corrected chi connectivity index (χ4v) is 1.10. The van der Waals surface area contributed by atoms with Crippen LogP contribution >= 0.6 is 0 Å². The molecule has 0 saturated heterocycles. The van der Waals surface area contributed by atoms with Crippen molar-refractivity contribution in [3.8, 4) is 0 Å². The van der Waals surface area contributed by atoms with E-state index in [0.29, 0.717) is 39.6 Å². The standard InChI is InChI=1S/C9H20O6S/c1-12-2-3-13-4-5-14-6-7-15-8-9-16(10)11/h16H,2-9H2,1H3. The first-order valence-corrected chi connectivity index (χ1v) is 6.47. The van der Waals surface area contributed by atoms with Gasteiger partial charge in [-0.25, -0.2) is 8.42 Å². The smallest absolute Gasteiger partial charge is 0.142 e. The highest BCUT2D eigenvalue weighted by Crippen LogP contribution is 1.82. The van der Waals surface area contributed by atoms with E-state index in [1.165, 1.54) is 0 Å². The van der Waals surface area contributed by atoms with E-state index in [4.69, 9.17) is 18.9 Å². The SMILES string of the molecule is COCCOCCOCCOCC[SH](=O)=O. The predicted octanol–water partition coefficient (Wildman–Crippen LogP) is -0.706. The minimum atomic E-state index is -2.33. The summed E-state index contributed by atoms with van der Waals surface area (Å²) in [6, 6.07) is 0. The molecule has 0 radical (unpaired) electrons. The van der Waals surface area contributed by atoms with Crippen molar-refractivity contribution in [1.82, 2.24) is 0 Å². The highest BCUT2D eigenvalue weighted by molar-refractivity contribution is 7.72. The molecule has 0 aliphatic carbocycles. The summed E-state index contributed by atoms with van der Waals surface area (Å²) in [5, 5.41) is 0. The van der Waals surface area contributed by atoms with E-state index in [2.05, 4.69) is 0 Å². The summed E-state index contributed by atoms with van der Waals surface area (Å²) in [7, 11) is -0.716. The zero-order valence-corrected chi connectivity index (χ0v) is 10.4. The summed E-state index contributed by atoms with van der Waals surface area (Å²) in [5.74, 6) is 0.0649. The third kappa shape index (κ3) is 13.8. The van der Waals surface area contributed by atoms with Gasteiger partial charge in [-0.15, -0.1) is 0 Å². The average molecular weight is 256 g/mol. The zero-order chi connectivity index (χ0) is 12.1. The van der Waals surface area contributed by atoms with Crippen LogP contribution in [-0.4, -0.2) is 67.5 Å². The summed E-state index contributed by atoms with van der Waals surface area (Å²) in [5.41, 5.74) is 0. The Morgan fingerprint density at radius 1 is 0.750 bits per heavy atom. The van der Waals surface area contributed by atoms with E-state index >= 15 is 0 Å². The highest BCUT2D eigenvalue weighted by Gasteiger charge is 1.92. The maximum atomic E-state index is 10.2. The van der Waals surface area contributed by atoms with Crippen molar-refractivity contribution in [2.45, 2.75) is 0 Å². The molecule has 0 aromatic rings. The van der Waals surface area contributed by atoms with Crippen LogP contribution in [0.15, 0.2) is 0 Å². The van der Waals surface area contributed by atoms with E-state index in [0.717, 1.165) is 0 Å². The monoisotopic (exact) mass is 256 g/mol. The first-order chi connectivity index (χ1) is 7.77. The molecule has 0 saturated carbocycles. The highest BCUT2D eigenvalue weighted by atomic mass is 32.2. The summed E-state index contributed by atoms with van der Waals surface area (Å²) in [6.07, 6.45) is 0. The lowest BCUT2D eigenvalue weighted by molar-refractivity contribution is 0.00558. The Balaban J connectivity index is 2.93.